The Hall–Kier alpha value is -3.08. The van der Waals surface area contributed by atoms with Gasteiger partial charge in [-0.1, -0.05) is 12.1 Å². The van der Waals surface area contributed by atoms with Crippen LogP contribution in [0.5, 0.6) is 0 Å². The van der Waals surface area contributed by atoms with E-state index in [0.29, 0.717) is 11.4 Å². The molecule has 1 atom stereocenters. The van der Waals surface area contributed by atoms with Gasteiger partial charge in [0.15, 0.2) is 0 Å². The second-order valence-electron chi connectivity index (χ2n) is 6.58. The Labute approximate surface area is 168 Å². The average Bonchev–Trinajstić information content (AvgIpc) is 2.69. The number of carboxylic acids is 1. The van der Waals surface area contributed by atoms with Gasteiger partial charge in [-0.15, -0.1) is 0 Å². The van der Waals surface area contributed by atoms with Crippen LogP contribution in [0.3, 0.4) is 0 Å². The number of aliphatic carboxylic acids is 1. The molecule has 0 aliphatic heterocycles. The topological polar surface area (TPSA) is 125 Å². The predicted molar refractivity (Wildman–Crippen MR) is 110 cm³/mol. The molecule has 2 heterocycles. The fraction of sp³-hybridized carbons (Fsp3) is 0.211. The lowest BCUT2D eigenvalue weighted by atomic mass is 10.1. The first-order valence-corrected chi connectivity index (χ1v) is 10.2. The summed E-state index contributed by atoms with van der Waals surface area (Å²) in [4.78, 5) is 19.9. The van der Waals surface area contributed by atoms with Crippen molar-refractivity contribution < 1.29 is 18.3 Å². The maximum atomic E-state index is 11.9. The van der Waals surface area contributed by atoms with Gasteiger partial charge in [-0.05, 0) is 36.2 Å². The minimum absolute atomic E-state index is 0.0148. The molecular weight excluding hydrogens is 394 g/mol. The van der Waals surface area contributed by atoms with Crippen LogP contribution in [0, 0.1) is 0 Å². The molecule has 3 rings (SSSR count). The fourth-order valence-corrected chi connectivity index (χ4v) is 3.43. The van der Waals surface area contributed by atoms with E-state index in [1.165, 1.54) is 14.1 Å². The van der Waals surface area contributed by atoms with Crippen molar-refractivity contribution in [1.82, 2.24) is 19.0 Å². The highest BCUT2D eigenvalue weighted by Crippen LogP contribution is 2.23. The van der Waals surface area contributed by atoms with Gasteiger partial charge in [0.2, 0.25) is 0 Å². The van der Waals surface area contributed by atoms with Gasteiger partial charge in [0.25, 0.3) is 10.2 Å². The van der Waals surface area contributed by atoms with E-state index in [0.717, 1.165) is 20.8 Å². The lowest BCUT2D eigenvalue weighted by Crippen LogP contribution is -2.47. The van der Waals surface area contributed by atoms with Gasteiger partial charge in [-0.2, -0.15) is 17.4 Å². The lowest BCUT2D eigenvalue weighted by Gasteiger charge is -2.18. The summed E-state index contributed by atoms with van der Waals surface area (Å²) in [5.74, 6) is -0.564. The molecule has 0 spiro atoms. The van der Waals surface area contributed by atoms with Gasteiger partial charge < -0.3 is 10.4 Å². The molecule has 1 aromatic carbocycles. The molecular formula is C19H21N5O4S. The first kappa shape index (κ1) is 20.6. The van der Waals surface area contributed by atoms with E-state index < -0.39 is 22.2 Å². The molecule has 9 nitrogen and oxygen atoms in total. The van der Waals surface area contributed by atoms with Crippen LogP contribution in [-0.4, -0.2) is 53.9 Å². The zero-order chi connectivity index (χ0) is 21.0. The van der Waals surface area contributed by atoms with Gasteiger partial charge in [0, 0.05) is 49.1 Å². The summed E-state index contributed by atoms with van der Waals surface area (Å²) in [5, 5.41) is 14.5. The first-order valence-electron chi connectivity index (χ1n) is 8.73. The summed E-state index contributed by atoms with van der Waals surface area (Å²) in [6.45, 7) is 0. The smallest absolute Gasteiger partial charge is 0.322 e. The van der Waals surface area contributed by atoms with Crippen LogP contribution in [0.4, 0.5) is 11.5 Å². The van der Waals surface area contributed by atoms with Gasteiger partial charge in [0.05, 0.1) is 0 Å². The molecule has 152 valence electrons. The number of fused-ring (bicyclic) bond motifs is 1. The third-order valence-corrected chi connectivity index (χ3v) is 5.84. The van der Waals surface area contributed by atoms with Crippen LogP contribution in [0.1, 0.15) is 5.56 Å². The van der Waals surface area contributed by atoms with Crippen molar-refractivity contribution in [2.45, 2.75) is 12.5 Å². The Kier molecular flexibility index (Phi) is 6.06. The van der Waals surface area contributed by atoms with Crippen molar-refractivity contribution in [3.63, 3.8) is 0 Å². The van der Waals surface area contributed by atoms with E-state index >= 15 is 0 Å². The number of nitrogens with zero attached hydrogens (tertiary/aromatic N) is 3. The molecule has 2 aromatic heterocycles. The second kappa shape index (κ2) is 8.52. The van der Waals surface area contributed by atoms with Crippen LogP contribution in [0.25, 0.3) is 10.8 Å². The van der Waals surface area contributed by atoms with Crippen LogP contribution >= 0.6 is 0 Å². The number of benzene rings is 1. The van der Waals surface area contributed by atoms with Gasteiger partial charge in [0.1, 0.15) is 11.9 Å². The molecule has 0 bridgehead atoms. The summed E-state index contributed by atoms with van der Waals surface area (Å²) >= 11 is 0. The van der Waals surface area contributed by atoms with Crippen molar-refractivity contribution in [2.75, 3.05) is 19.4 Å². The van der Waals surface area contributed by atoms with Crippen molar-refractivity contribution in [1.29, 1.82) is 0 Å². The molecule has 3 aromatic rings. The van der Waals surface area contributed by atoms with E-state index in [-0.39, 0.29) is 6.42 Å². The standard InChI is InChI=1S/C19H21N5O4S/c1-24(2)29(27,28)23-17(19(25)26)11-13-3-5-15(6-4-13)22-18-16-8-9-20-12-14(16)7-10-21-18/h3-10,12,17,23H,11H2,1-2H3,(H,21,22)(H,25,26)/t17-/m0/s1. The third kappa shape index (κ3) is 5.05. The molecule has 0 aliphatic carbocycles. The van der Waals surface area contributed by atoms with Crippen LogP contribution in [0.2, 0.25) is 0 Å². The van der Waals surface area contributed by atoms with Crippen molar-refractivity contribution >= 4 is 38.5 Å². The largest absolute Gasteiger partial charge is 0.480 e. The second-order valence-corrected chi connectivity index (χ2v) is 8.49. The normalized spacial score (nSPS) is 12.8. The highest BCUT2D eigenvalue weighted by molar-refractivity contribution is 7.87. The number of pyridine rings is 2. The Balaban J connectivity index is 1.74. The molecule has 3 N–H and O–H groups in total. The summed E-state index contributed by atoms with van der Waals surface area (Å²) < 4.78 is 27.0. The number of carboxylic acid groups (broad SMARTS) is 1. The summed E-state index contributed by atoms with van der Waals surface area (Å²) in [7, 11) is -1.19. The third-order valence-electron chi connectivity index (χ3n) is 4.29. The van der Waals surface area contributed by atoms with Gasteiger partial charge in [-0.3, -0.25) is 9.78 Å². The number of rotatable bonds is 8. The highest BCUT2D eigenvalue weighted by Gasteiger charge is 2.25. The minimum atomic E-state index is -3.86. The van der Waals surface area contributed by atoms with Crippen LogP contribution < -0.4 is 10.0 Å². The Morgan fingerprint density at radius 3 is 2.52 bits per heavy atom. The Bertz CT molecular complexity index is 1110. The molecule has 0 saturated carbocycles. The lowest BCUT2D eigenvalue weighted by molar-refractivity contribution is -0.138. The number of anilines is 2. The average molecular weight is 415 g/mol. The maximum Gasteiger partial charge on any atom is 0.322 e. The summed E-state index contributed by atoms with van der Waals surface area (Å²) in [5.41, 5.74) is 1.45. The van der Waals surface area contributed by atoms with Gasteiger partial charge >= 0.3 is 5.97 Å². The Morgan fingerprint density at radius 2 is 1.86 bits per heavy atom. The van der Waals surface area contributed by atoms with Crippen molar-refractivity contribution in [3.05, 3.63) is 60.6 Å². The SMILES string of the molecule is CN(C)S(=O)(=O)N[C@@H](Cc1ccc(Nc2nccc3cnccc23)cc1)C(=O)O. The molecule has 0 fully saturated rings. The molecule has 0 radical (unpaired) electrons. The minimum Gasteiger partial charge on any atom is -0.480 e. The van der Waals surface area contributed by atoms with Crippen LogP contribution in [0.15, 0.2) is 55.0 Å². The summed E-state index contributed by atoms with van der Waals surface area (Å²) in [6, 6.07) is 9.54. The number of hydrogen-bond donors (Lipinski definition) is 3. The monoisotopic (exact) mass is 415 g/mol. The zero-order valence-electron chi connectivity index (χ0n) is 15.9. The molecule has 0 unspecified atom stereocenters. The van der Waals surface area contributed by atoms with Gasteiger partial charge in [-0.25, -0.2) is 4.98 Å². The first-order chi connectivity index (χ1) is 13.8. The van der Waals surface area contributed by atoms with E-state index in [4.69, 9.17) is 0 Å². The van der Waals surface area contributed by atoms with E-state index in [1.807, 2.05) is 12.1 Å². The number of hydrogen-bond acceptors (Lipinski definition) is 6. The van der Waals surface area contributed by atoms with Crippen LogP contribution in [-0.2, 0) is 21.4 Å². The zero-order valence-corrected chi connectivity index (χ0v) is 16.7. The quantitative estimate of drug-likeness (QED) is 0.512. The molecule has 29 heavy (non-hydrogen) atoms. The van der Waals surface area contributed by atoms with E-state index in [2.05, 4.69) is 20.0 Å². The number of nitrogens with one attached hydrogen (secondary N) is 2. The molecule has 0 saturated heterocycles. The number of carbonyl (C=O) groups is 1. The number of aromatic nitrogens is 2. The molecule has 0 aliphatic rings. The van der Waals surface area contributed by atoms with E-state index in [9.17, 15) is 18.3 Å². The van der Waals surface area contributed by atoms with Crippen molar-refractivity contribution in [3.8, 4) is 0 Å². The van der Waals surface area contributed by atoms with E-state index in [1.54, 1.807) is 42.9 Å². The fourth-order valence-electron chi connectivity index (χ4n) is 2.68. The highest BCUT2D eigenvalue weighted by atomic mass is 32.2. The predicted octanol–water partition coefficient (Wildman–Crippen LogP) is 1.77. The molecule has 10 heteroatoms. The molecule has 0 amide bonds. The Morgan fingerprint density at radius 1 is 1.14 bits per heavy atom. The van der Waals surface area contributed by atoms with Crippen molar-refractivity contribution in [2.24, 2.45) is 0 Å². The summed E-state index contributed by atoms with van der Waals surface area (Å²) in [6.07, 6.45) is 5.15. The maximum absolute atomic E-state index is 11.9.